The van der Waals surface area contributed by atoms with E-state index in [2.05, 4.69) is 235 Å². The van der Waals surface area contributed by atoms with Gasteiger partial charge >= 0.3 is 0 Å². The molecular weight excluding hydrogens is 773 g/mol. The molecule has 0 aromatic heterocycles. The molecule has 0 atom stereocenters. The Labute approximate surface area is 377 Å². The first-order chi connectivity index (χ1) is 30.8. The van der Waals surface area contributed by atoms with Crippen molar-refractivity contribution in [3.05, 3.63) is 214 Å². The average Bonchev–Trinajstić information content (AvgIpc) is 3.30. The lowest BCUT2D eigenvalue weighted by atomic mass is 9.53. The molecule has 0 amide bonds. The third-order valence-corrected chi connectivity index (χ3v) is 16.1. The molecule has 310 valence electrons. The van der Waals surface area contributed by atoms with Crippen molar-refractivity contribution in [1.29, 1.82) is 0 Å². The molecule has 9 aromatic carbocycles. The van der Waals surface area contributed by atoms with Gasteiger partial charge in [-0.2, -0.15) is 0 Å². The van der Waals surface area contributed by atoms with Crippen LogP contribution in [0.2, 0.25) is 0 Å². The van der Waals surface area contributed by atoms with Crippen LogP contribution >= 0.6 is 0 Å². The monoisotopic (exact) mass is 824 g/mol. The van der Waals surface area contributed by atoms with Crippen LogP contribution in [-0.4, -0.2) is 0 Å². The summed E-state index contributed by atoms with van der Waals surface area (Å²) in [4.78, 5) is 5.10. The summed E-state index contributed by atoms with van der Waals surface area (Å²) in [6, 6.07) is 63.9. The van der Waals surface area contributed by atoms with Crippen molar-refractivity contribution >= 4 is 55.7 Å². The van der Waals surface area contributed by atoms with Gasteiger partial charge in [0.15, 0.2) is 0 Å². The Bertz CT molecular complexity index is 3150. The molecular formula is C62H52N2. The van der Waals surface area contributed by atoms with Gasteiger partial charge in [-0.25, -0.2) is 0 Å². The number of hydrogen-bond donors (Lipinski definition) is 0. The Morgan fingerprint density at radius 2 is 0.547 bits per heavy atom. The van der Waals surface area contributed by atoms with Crippen LogP contribution in [0.4, 0.5) is 34.1 Å². The summed E-state index contributed by atoms with van der Waals surface area (Å²) in [5, 5.41) is 5.74. The molecule has 0 aliphatic heterocycles. The number of anilines is 6. The van der Waals surface area contributed by atoms with Crippen LogP contribution in [0.25, 0.3) is 43.8 Å². The van der Waals surface area contributed by atoms with Crippen LogP contribution in [0.5, 0.6) is 0 Å². The first-order valence-corrected chi connectivity index (χ1v) is 23.1. The SMILES string of the molecule is CC1(C)c2cccc3c2-c2c4c1cc(N(c1ccccc1)c1ccccc1)c1c4c4c5c(cc(N(c6ccccc6)c6ccccc6)c(c25)C3(C)C)C(C)(C)c2cccc(c2-4)C1(C)C. The molecule has 0 saturated carbocycles. The number of benzene rings is 9. The minimum Gasteiger partial charge on any atom is -0.310 e. The highest BCUT2D eigenvalue weighted by Crippen LogP contribution is 2.69. The van der Waals surface area contributed by atoms with Gasteiger partial charge < -0.3 is 9.80 Å². The Morgan fingerprint density at radius 1 is 0.266 bits per heavy atom. The summed E-state index contributed by atoms with van der Waals surface area (Å²) in [5.74, 6) is 0. The quantitative estimate of drug-likeness (QED) is 0.154. The van der Waals surface area contributed by atoms with E-state index in [9.17, 15) is 0 Å². The summed E-state index contributed by atoms with van der Waals surface area (Å²) in [7, 11) is 0. The highest BCUT2D eigenvalue weighted by molar-refractivity contribution is 6.31. The van der Waals surface area contributed by atoms with E-state index < -0.39 is 0 Å². The minimum atomic E-state index is -0.333. The molecule has 0 saturated heterocycles. The summed E-state index contributed by atoms with van der Waals surface area (Å²) >= 11 is 0. The minimum absolute atomic E-state index is 0.295. The predicted molar refractivity (Wildman–Crippen MR) is 270 cm³/mol. The summed E-state index contributed by atoms with van der Waals surface area (Å²) in [6.07, 6.45) is 0. The van der Waals surface area contributed by atoms with E-state index in [0.717, 1.165) is 22.7 Å². The van der Waals surface area contributed by atoms with Crippen molar-refractivity contribution in [1.82, 2.24) is 0 Å². The first-order valence-electron chi connectivity index (χ1n) is 23.1. The van der Waals surface area contributed by atoms with E-state index in [1.54, 1.807) is 0 Å². The molecule has 13 rings (SSSR count). The van der Waals surface area contributed by atoms with Crippen molar-refractivity contribution in [3.63, 3.8) is 0 Å². The summed E-state index contributed by atoms with van der Waals surface area (Å²) in [6.45, 7) is 20.0. The van der Waals surface area contributed by atoms with Gasteiger partial charge in [0.1, 0.15) is 0 Å². The second kappa shape index (κ2) is 12.4. The fourth-order valence-electron chi connectivity index (χ4n) is 13.2. The van der Waals surface area contributed by atoms with E-state index in [0.29, 0.717) is 0 Å². The van der Waals surface area contributed by atoms with Gasteiger partial charge in [-0.3, -0.25) is 0 Å². The smallest absolute Gasteiger partial charge is 0.0512 e. The lowest BCUT2D eigenvalue weighted by Gasteiger charge is -2.51. The van der Waals surface area contributed by atoms with E-state index in [4.69, 9.17) is 0 Å². The van der Waals surface area contributed by atoms with Gasteiger partial charge in [-0.1, -0.05) is 165 Å². The van der Waals surface area contributed by atoms with Crippen molar-refractivity contribution < 1.29 is 0 Å². The standard InChI is InChI=1S/C62H52N2/c1-59(2)41-31-21-33-43-49(41)53-51-45(59)35-47(63(37-23-13-9-14-24-37)38-25-15-10-16-26-38)57-55(51)54-50-42(32-22-34-44(50)62(57,7)8)60(3,4)46-36-48(58(61(43,5)6)56(53)52(46)54)64(39-27-17-11-18-28-39)40-29-19-12-20-30-40/h9-36H,1-8H3. The number of nitrogens with zero attached hydrogens (tertiary/aromatic N) is 2. The second-order valence-corrected chi connectivity index (χ2v) is 20.9. The Morgan fingerprint density at radius 3 is 0.844 bits per heavy atom. The van der Waals surface area contributed by atoms with Crippen molar-refractivity contribution in [2.45, 2.75) is 77.0 Å². The molecule has 2 nitrogen and oxygen atoms in total. The molecule has 0 unspecified atom stereocenters. The number of hydrogen-bond acceptors (Lipinski definition) is 2. The Hall–Kier alpha value is -6.90. The van der Waals surface area contributed by atoms with Gasteiger partial charge in [-0.05, 0) is 149 Å². The third kappa shape index (κ3) is 4.51. The van der Waals surface area contributed by atoms with Crippen molar-refractivity contribution in [2.75, 3.05) is 9.80 Å². The molecule has 0 radical (unpaired) electrons. The van der Waals surface area contributed by atoms with Gasteiger partial charge in [0.25, 0.3) is 0 Å². The maximum atomic E-state index is 2.62. The molecule has 4 aliphatic carbocycles. The van der Waals surface area contributed by atoms with Gasteiger partial charge in [-0.15, -0.1) is 0 Å². The second-order valence-electron chi connectivity index (χ2n) is 20.9. The molecule has 0 N–H and O–H groups in total. The predicted octanol–water partition coefficient (Wildman–Crippen LogP) is 16.8. The van der Waals surface area contributed by atoms with Gasteiger partial charge in [0.05, 0.1) is 11.4 Å². The largest absolute Gasteiger partial charge is 0.310 e. The summed E-state index contributed by atoms with van der Waals surface area (Å²) in [5.41, 5.74) is 22.9. The molecule has 0 spiro atoms. The zero-order valence-electron chi connectivity index (χ0n) is 38.1. The molecule has 2 heteroatoms. The lowest BCUT2D eigenvalue weighted by Crippen LogP contribution is -2.37. The normalized spacial score (nSPS) is 16.6. The first kappa shape index (κ1) is 37.6. The van der Waals surface area contributed by atoms with Crippen LogP contribution in [-0.2, 0) is 21.7 Å². The van der Waals surface area contributed by atoms with Crippen molar-refractivity contribution in [2.24, 2.45) is 0 Å². The highest BCUT2D eigenvalue weighted by atomic mass is 15.2. The third-order valence-electron chi connectivity index (χ3n) is 16.1. The zero-order chi connectivity index (χ0) is 43.7. The van der Waals surface area contributed by atoms with E-state index in [1.807, 2.05) is 0 Å². The molecule has 4 aliphatic rings. The fraction of sp³-hybridized carbons (Fsp3) is 0.194. The Kier molecular flexibility index (Phi) is 7.30. The number of para-hydroxylation sites is 4. The maximum absolute atomic E-state index is 2.62. The van der Waals surface area contributed by atoms with Crippen LogP contribution in [0.15, 0.2) is 170 Å². The lowest BCUT2D eigenvalue weighted by molar-refractivity contribution is 0.606. The van der Waals surface area contributed by atoms with Crippen LogP contribution < -0.4 is 9.80 Å². The van der Waals surface area contributed by atoms with Crippen molar-refractivity contribution in [3.8, 4) is 22.3 Å². The molecule has 9 aromatic rings. The van der Waals surface area contributed by atoms with Crippen LogP contribution in [0.3, 0.4) is 0 Å². The van der Waals surface area contributed by atoms with E-state index >= 15 is 0 Å². The van der Waals surface area contributed by atoms with Crippen LogP contribution in [0, 0.1) is 0 Å². The summed E-state index contributed by atoms with van der Waals surface area (Å²) < 4.78 is 0. The zero-order valence-corrected chi connectivity index (χ0v) is 38.1. The highest BCUT2D eigenvalue weighted by Gasteiger charge is 2.51. The van der Waals surface area contributed by atoms with Gasteiger partial charge in [0, 0.05) is 44.4 Å². The molecule has 0 heterocycles. The Balaban J connectivity index is 1.33. The van der Waals surface area contributed by atoms with Gasteiger partial charge in [0.2, 0.25) is 0 Å². The van der Waals surface area contributed by atoms with E-state index in [-0.39, 0.29) is 21.7 Å². The number of rotatable bonds is 6. The maximum Gasteiger partial charge on any atom is 0.0512 e. The van der Waals surface area contributed by atoms with Crippen LogP contribution in [0.1, 0.15) is 99.9 Å². The van der Waals surface area contributed by atoms with E-state index in [1.165, 1.54) is 99.7 Å². The topological polar surface area (TPSA) is 6.48 Å². The fourth-order valence-corrected chi connectivity index (χ4v) is 13.2. The average molecular weight is 825 g/mol. The molecule has 64 heavy (non-hydrogen) atoms. The molecule has 0 bridgehead atoms. The molecule has 0 fully saturated rings.